The summed E-state index contributed by atoms with van der Waals surface area (Å²) in [4.78, 5) is 12.4. The number of aromatic nitrogens is 3. The maximum Gasteiger partial charge on any atom is 0.226 e. The Balaban J connectivity index is 1.71. The van der Waals surface area contributed by atoms with Crippen LogP contribution in [0.25, 0.3) is 11.4 Å². The number of carbonyl (C=O) groups is 1. The second-order valence-corrected chi connectivity index (χ2v) is 6.89. The van der Waals surface area contributed by atoms with Crippen molar-refractivity contribution in [3.05, 3.63) is 58.4 Å². The van der Waals surface area contributed by atoms with Crippen molar-refractivity contribution in [1.29, 1.82) is 0 Å². The summed E-state index contributed by atoms with van der Waals surface area (Å²) in [5.74, 6) is 1.45. The number of ether oxygens (including phenoxy) is 1. The lowest BCUT2D eigenvalue weighted by Gasteiger charge is -2.11. The molecule has 2 aromatic carbocycles. The van der Waals surface area contributed by atoms with E-state index in [1.807, 2.05) is 67.8 Å². The Labute approximate surface area is 169 Å². The molecule has 0 bridgehead atoms. The van der Waals surface area contributed by atoms with Crippen LogP contribution in [-0.2, 0) is 11.3 Å². The minimum Gasteiger partial charge on any atom is -0.494 e. The van der Waals surface area contributed by atoms with E-state index in [-0.39, 0.29) is 5.91 Å². The van der Waals surface area contributed by atoms with Crippen LogP contribution in [-0.4, -0.2) is 27.3 Å². The highest BCUT2D eigenvalue weighted by Gasteiger charge is 2.12. The number of hydrogen-bond acceptors (Lipinski definition) is 4. The molecule has 0 atom stereocenters. The second kappa shape index (κ2) is 8.84. The summed E-state index contributed by atoms with van der Waals surface area (Å²) >= 11 is 5.35. The largest absolute Gasteiger partial charge is 0.494 e. The summed E-state index contributed by atoms with van der Waals surface area (Å²) in [7, 11) is 0. The number of anilines is 1. The van der Waals surface area contributed by atoms with Crippen molar-refractivity contribution < 1.29 is 9.53 Å². The average Bonchev–Trinajstić information content (AvgIpc) is 3.05. The third-order valence-corrected chi connectivity index (χ3v) is 4.93. The van der Waals surface area contributed by atoms with E-state index in [1.54, 1.807) is 0 Å². The maximum absolute atomic E-state index is 12.4. The first-order valence-corrected chi connectivity index (χ1v) is 9.65. The third kappa shape index (κ3) is 4.48. The Hall–Kier alpha value is -2.93. The van der Waals surface area contributed by atoms with Gasteiger partial charge in [0.25, 0.3) is 0 Å². The van der Waals surface area contributed by atoms with Crippen molar-refractivity contribution in [2.45, 2.75) is 33.7 Å². The van der Waals surface area contributed by atoms with E-state index in [0.717, 1.165) is 28.1 Å². The van der Waals surface area contributed by atoms with Gasteiger partial charge in [0, 0.05) is 24.2 Å². The van der Waals surface area contributed by atoms with Crippen LogP contribution in [0.2, 0.25) is 0 Å². The van der Waals surface area contributed by atoms with Gasteiger partial charge in [-0.25, -0.2) is 0 Å². The van der Waals surface area contributed by atoms with Gasteiger partial charge in [0.1, 0.15) is 5.75 Å². The maximum atomic E-state index is 12.4. The van der Waals surface area contributed by atoms with Gasteiger partial charge in [0.15, 0.2) is 10.6 Å². The van der Waals surface area contributed by atoms with Crippen LogP contribution < -0.4 is 10.1 Å². The van der Waals surface area contributed by atoms with Crippen molar-refractivity contribution in [2.75, 3.05) is 11.9 Å². The predicted octanol–water partition coefficient (Wildman–Crippen LogP) is 4.65. The van der Waals surface area contributed by atoms with Crippen molar-refractivity contribution in [2.24, 2.45) is 0 Å². The molecule has 2 N–H and O–H groups in total. The van der Waals surface area contributed by atoms with Crippen LogP contribution in [0.5, 0.6) is 5.75 Å². The van der Waals surface area contributed by atoms with Crippen LogP contribution in [0.15, 0.2) is 42.5 Å². The summed E-state index contributed by atoms with van der Waals surface area (Å²) < 4.78 is 7.81. The van der Waals surface area contributed by atoms with E-state index in [2.05, 4.69) is 15.5 Å². The number of benzene rings is 2. The first kappa shape index (κ1) is 19.8. The summed E-state index contributed by atoms with van der Waals surface area (Å²) in [5.41, 5.74) is 3.97. The molecule has 1 heterocycles. The highest BCUT2D eigenvalue weighted by molar-refractivity contribution is 7.71. The lowest BCUT2D eigenvalue weighted by Crippen LogP contribution is -2.16. The number of nitrogens with one attached hydrogen (secondary N) is 2. The average molecular weight is 397 g/mol. The number of amides is 1. The van der Waals surface area contributed by atoms with Gasteiger partial charge >= 0.3 is 0 Å². The molecule has 0 aliphatic carbocycles. The molecule has 1 amide bonds. The number of carbonyl (C=O) groups excluding carboxylic acids is 1. The fourth-order valence-electron chi connectivity index (χ4n) is 2.92. The molecule has 6 nitrogen and oxygen atoms in total. The fraction of sp³-hybridized carbons (Fsp3) is 0.286. The van der Waals surface area contributed by atoms with E-state index in [1.165, 1.54) is 0 Å². The Morgan fingerprint density at radius 3 is 2.68 bits per heavy atom. The Kier molecular flexibility index (Phi) is 6.26. The van der Waals surface area contributed by atoms with E-state index in [9.17, 15) is 4.79 Å². The molecule has 0 aliphatic rings. The third-order valence-electron chi connectivity index (χ3n) is 4.62. The van der Waals surface area contributed by atoms with Crippen LogP contribution in [0, 0.1) is 18.6 Å². The van der Waals surface area contributed by atoms with Crippen LogP contribution in [0.3, 0.4) is 0 Å². The minimum atomic E-state index is -0.0607. The molecule has 0 unspecified atom stereocenters. The number of hydrogen-bond donors (Lipinski definition) is 2. The van der Waals surface area contributed by atoms with Crippen LogP contribution >= 0.6 is 12.2 Å². The lowest BCUT2D eigenvalue weighted by atomic mass is 10.1. The smallest absolute Gasteiger partial charge is 0.226 e. The first-order chi connectivity index (χ1) is 13.5. The fourth-order valence-corrected chi connectivity index (χ4v) is 3.15. The molecular weight excluding hydrogens is 372 g/mol. The van der Waals surface area contributed by atoms with Crippen molar-refractivity contribution in [3.63, 3.8) is 0 Å². The molecule has 0 spiro atoms. The zero-order chi connectivity index (χ0) is 20.1. The molecule has 7 heteroatoms. The van der Waals surface area contributed by atoms with E-state index >= 15 is 0 Å². The minimum absolute atomic E-state index is 0.0607. The standard InChI is InChI=1S/C21H24N4O2S/c1-4-27-17-10-8-16(9-11-17)20-23-24-21(28)25(20)13-12-19(26)22-18-7-5-6-14(2)15(18)3/h5-11H,4,12-13H2,1-3H3,(H,22,26)(H,24,28). The molecular formula is C21H24N4O2S. The van der Waals surface area contributed by atoms with Crippen molar-refractivity contribution in [3.8, 4) is 17.1 Å². The van der Waals surface area contributed by atoms with Gasteiger partial charge in [-0.3, -0.25) is 14.5 Å². The van der Waals surface area contributed by atoms with E-state index in [0.29, 0.717) is 30.2 Å². The monoisotopic (exact) mass is 396 g/mol. The van der Waals surface area contributed by atoms with Crippen molar-refractivity contribution in [1.82, 2.24) is 14.8 Å². The number of rotatable bonds is 7. The summed E-state index contributed by atoms with van der Waals surface area (Å²) in [6.07, 6.45) is 0.297. The topological polar surface area (TPSA) is 71.9 Å². The van der Waals surface area contributed by atoms with Crippen LogP contribution in [0.1, 0.15) is 24.5 Å². The SMILES string of the molecule is CCOc1ccc(-c2n[nH]c(=S)n2CCC(=O)Nc2cccc(C)c2C)cc1. The van der Waals surface area contributed by atoms with Crippen LogP contribution in [0.4, 0.5) is 5.69 Å². The molecule has 0 radical (unpaired) electrons. The number of nitrogens with zero attached hydrogens (tertiary/aromatic N) is 2. The molecule has 3 aromatic rings. The molecule has 28 heavy (non-hydrogen) atoms. The quantitative estimate of drug-likeness (QED) is 0.570. The van der Waals surface area contributed by atoms with Gasteiger partial charge in [-0.15, -0.1) is 0 Å². The Morgan fingerprint density at radius 2 is 1.96 bits per heavy atom. The van der Waals surface area contributed by atoms with E-state index in [4.69, 9.17) is 17.0 Å². The van der Waals surface area contributed by atoms with Gasteiger partial charge in [-0.05, 0) is 74.4 Å². The molecule has 0 aliphatic heterocycles. The van der Waals surface area contributed by atoms with Gasteiger partial charge in [0.05, 0.1) is 6.61 Å². The highest BCUT2D eigenvalue weighted by Crippen LogP contribution is 2.22. The number of H-pyrrole nitrogens is 1. The number of aryl methyl sites for hydroxylation is 1. The van der Waals surface area contributed by atoms with Gasteiger partial charge < -0.3 is 10.1 Å². The normalized spacial score (nSPS) is 10.7. The molecule has 0 fully saturated rings. The highest BCUT2D eigenvalue weighted by atomic mass is 32.1. The predicted molar refractivity (Wildman–Crippen MR) is 113 cm³/mol. The molecule has 1 aromatic heterocycles. The second-order valence-electron chi connectivity index (χ2n) is 6.51. The van der Waals surface area contributed by atoms with Gasteiger partial charge in [0.2, 0.25) is 5.91 Å². The van der Waals surface area contributed by atoms with Crippen molar-refractivity contribution >= 4 is 23.8 Å². The number of aromatic amines is 1. The molecule has 0 saturated carbocycles. The zero-order valence-electron chi connectivity index (χ0n) is 16.3. The molecule has 3 rings (SSSR count). The van der Waals surface area contributed by atoms with E-state index < -0.39 is 0 Å². The summed E-state index contributed by atoms with van der Waals surface area (Å²) in [6, 6.07) is 13.5. The summed E-state index contributed by atoms with van der Waals surface area (Å²) in [5, 5.41) is 10.1. The Bertz CT molecular complexity index is 1020. The summed E-state index contributed by atoms with van der Waals surface area (Å²) in [6.45, 7) is 7.03. The first-order valence-electron chi connectivity index (χ1n) is 9.24. The zero-order valence-corrected chi connectivity index (χ0v) is 17.1. The Morgan fingerprint density at radius 1 is 1.21 bits per heavy atom. The van der Waals surface area contributed by atoms with Gasteiger partial charge in [-0.2, -0.15) is 5.10 Å². The van der Waals surface area contributed by atoms with Gasteiger partial charge in [-0.1, -0.05) is 12.1 Å². The molecule has 146 valence electrons. The molecule has 0 saturated heterocycles. The lowest BCUT2D eigenvalue weighted by molar-refractivity contribution is -0.116.